The second-order valence-corrected chi connectivity index (χ2v) is 6.04. The minimum Gasteiger partial charge on any atom is -0.361 e. The molecule has 0 amide bonds. The minimum atomic E-state index is 0.0857. The first-order valence-electron chi connectivity index (χ1n) is 8.16. The molecule has 4 aromatic rings. The molecule has 120 valence electrons. The van der Waals surface area contributed by atoms with Crippen LogP contribution in [0.1, 0.15) is 22.9 Å². The van der Waals surface area contributed by atoms with Gasteiger partial charge in [-0.05, 0) is 36.8 Å². The molecule has 0 fully saturated rings. The van der Waals surface area contributed by atoms with Gasteiger partial charge in [-0.1, -0.05) is 36.4 Å². The molecule has 0 spiro atoms. The largest absolute Gasteiger partial charge is 0.361 e. The van der Waals surface area contributed by atoms with E-state index < -0.39 is 0 Å². The molecule has 4 rings (SSSR count). The fraction of sp³-hybridized carbons (Fsp3) is 0.150. The highest BCUT2D eigenvalue weighted by molar-refractivity contribution is 5.84. The molecule has 1 unspecified atom stereocenters. The highest BCUT2D eigenvalue weighted by Crippen LogP contribution is 2.31. The van der Waals surface area contributed by atoms with E-state index in [9.17, 15) is 0 Å². The van der Waals surface area contributed by atoms with Gasteiger partial charge in [0.2, 0.25) is 0 Å². The van der Waals surface area contributed by atoms with Gasteiger partial charge in [0.1, 0.15) is 0 Å². The molecule has 4 nitrogen and oxygen atoms in total. The second-order valence-electron chi connectivity index (χ2n) is 6.04. The summed E-state index contributed by atoms with van der Waals surface area (Å²) in [5.41, 5.74) is 11.7. The molecule has 0 saturated carbocycles. The number of benzene rings is 2. The molecule has 2 aromatic carbocycles. The number of nitrogens with one attached hydrogen (secondary N) is 1. The van der Waals surface area contributed by atoms with Crippen molar-refractivity contribution in [1.82, 2.24) is 14.8 Å². The van der Waals surface area contributed by atoms with Gasteiger partial charge in [-0.25, -0.2) is 4.68 Å². The van der Waals surface area contributed by atoms with Gasteiger partial charge in [0.15, 0.2) is 0 Å². The average Bonchev–Trinajstić information content (AvgIpc) is 3.21. The fourth-order valence-electron chi connectivity index (χ4n) is 3.33. The van der Waals surface area contributed by atoms with Crippen molar-refractivity contribution in [2.24, 2.45) is 5.73 Å². The number of para-hydroxylation sites is 2. The predicted molar refractivity (Wildman–Crippen MR) is 97.5 cm³/mol. The molecule has 2 aromatic heterocycles. The second kappa shape index (κ2) is 5.98. The van der Waals surface area contributed by atoms with E-state index in [1.165, 1.54) is 10.9 Å². The van der Waals surface area contributed by atoms with E-state index in [1.807, 2.05) is 35.9 Å². The Hall–Kier alpha value is -2.85. The Balaban J connectivity index is 1.88. The lowest BCUT2D eigenvalue weighted by atomic mass is 9.95. The lowest BCUT2D eigenvalue weighted by Gasteiger charge is -2.16. The summed E-state index contributed by atoms with van der Waals surface area (Å²) in [6, 6.07) is 20.7. The van der Waals surface area contributed by atoms with Crippen LogP contribution in [-0.4, -0.2) is 21.3 Å². The standard InChI is InChI=1S/C20H20N4/c1-14-11-20(24(23-14)15-7-3-2-4-8-15)17(12-21)18-13-22-19-10-6-5-9-16(18)19/h2-11,13,17,22H,12,21H2,1H3. The number of nitrogens with zero attached hydrogens (tertiary/aromatic N) is 2. The number of rotatable bonds is 4. The van der Waals surface area contributed by atoms with Crippen LogP contribution in [0.4, 0.5) is 0 Å². The van der Waals surface area contributed by atoms with E-state index in [2.05, 4.69) is 47.6 Å². The molecule has 2 heterocycles. The summed E-state index contributed by atoms with van der Waals surface area (Å²) in [6.07, 6.45) is 2.07. The number of fused-ring (bicyclic) bond motifs is 1. The van der Waals surface area contributed by atoms with E-state index in [4.69, 9.17) is 10.8 Å². The number of H-pyrrole nitrogens is 1. The number of aromatic nitrogens is 3. The topological polar surface area (TPSA) is 59.6 Å². The Bertz CT molecular complexity index is 966. The van der Waals surface area contributed by atoms with Crippen LogP contribution in [0.2, 0.25) is 0 Å². The van der Waals surface area contributed by atoms with Crippen molar-refractivity contribution in [3.63, 3.8) is 0 Å². The first kappa shape index (κ1) is 14.7. The summed E-state index contributed by atoms with van der Waals surface area (Å²) in [4.78, 5) is 3.35. The van der Waals surface area contributed by atoms with E-state index in [0.717, 1.165) is 22.6 Å². The molecule has 0 saturated heterocycles. The maximum Gasteiger partial charge on any atom is 0.0649 e. The summed E-state index contributed by atoms with van der Waals surface area (Å²) in [7, 11) is 0. The maximum absolute atomic E-state index is 6.19. The van der Waals surface area contributed by atoms with Gasteiger partial charge >= 0.3 is 0 Å². The predicted octanol–water partition coefficient (Wildman–Crippen LogP) is 3.75. The van der Waals surface area contributed by atoms with Gasteiger partial charge in [0.05, 0.1) is 17.1 Å². The quantitative estimate of drug-likeness (QED) is 0.602. The van der Waals surface area contributed by atoms with Gasteiger partial charge in [0, 0.05) is 29.6 Å². The van der Waals surface area contributed by atoms with Crippen molar-refractivity contribution in [2.45, 2.75) is 12.8 Å². The summed E-state index contributed by atoms with van der Waals surface area (Å²) in [6.45, 7) is 2.55. The summed E-state index contributed by atoms with van der Waals surface area (Å²) >= 11 is 0. The average molecular weight is 316 g/mol. The highest BCUT2D eigenvalue weighted by atomic mass is 15.3. The molecule has 0 bridgehead atoms. The molecule has 0 radical (unpaired) electrons. The molecular weight excluding hydrogens is 296 g/mol. The Morgan fingerprint density at radius 3 is 2.62 bits per heavy atom. The van der Waals surface area contributed by atoms with Crippen molar-refractivity contribution >= 4 is 10.9 Å². The number of hydrogen-bond donors (Lipinski definition) is 2. The molecule has 1 atom stereocenters. The van der Waals surface area contributed by atoms with Gasteiger partial charge in [-0.15, -0.1) is 0 Å². The van der Waals surface area contributed by atoms with Crippen LogP contribution in [0, 0.1) is 6.92 Å². The Labute approximate surface area is 140 Å². The zero-order valence-electron chi connectivity index (χ0n) is 13.6. The molecule has 0 aliphatic carbocycles. The SMILES string of the molecule is Cc1cc(C(CN)c2c[nH]c3ccccc23)n(-c2ccccc2)n1. The smallest absolute Gasteiger partial charge is 0.0649 e. The Morgan fingerprint density at radius 1 is 1.08 bits per heavy atom. The van der Waals surface area contributed by atoms with Crippen molar-refractivity contribution in [3.8, 4) is 5.69 Å². The van der Waals surface area contributed by atoms with E-state index in [-0.39, 0.29) is 5.92 Å². The summed E-state index contributed by atoms with van der Waals surface area (Å²) in [5.74, 6) is 0.0857. The van der Waals surface area contributed by atoms with E-state index in [0.29, 0.717) is 6.54 Å². The van der Waals surface area contributed by atoms with Crippen LogP contribution in [0.25, 0.3) is 16.6 Å². The monoisotopic (exact) mass is 316 g/mol. The van der Waals surface area contributed by atoms with Crippen molar-refractivity contribution in [2.75, 3.05) is 6.54 Å². The van der Waals surface area contributed by atoms with Gasteiger partial charge < -0.3 is 10.7 Å². The van der Waals surface area contributed by atoms with Crippen LogP contribution in [-0.2, 0) is 0 Å². The Morgan fingerprint density at radius 2 is 1.83 bits per heavy atom. The first-order valence-corrected chi connectivity index (χ1v) is 8.16. The lowest BCUT2D eigenvalue weighted by molar-refractivity contribution is 0.721. The number of nitrogens with two attached hydrogens (primary N) is 1. The normalized spacial score (nSPS) is 12.6. The third-order valence-corrected chi connectivity index (χ3v) is 4.45. The van der Waals surface area contributed by atoms with Crippen LogP contribution in [0.15, 0.2) is 66.9 Å². The van der Waals surface area contributed by atoms with Crippen molar-refractivity contribution < 1.29 is 0 Å². The fourth-order valence-corrected chi connectivity index (χ4v) is 3.33. The number of aryl methyl sites for hydroxylation is 1. The third kappa shape index (κ3) is 2.41. The van der Waals surface area contributed by atoms with Gasteiger partial charge in [0.25, 0.3) is 0 Å². The molecule has 24 heavy (non-hydrogen) atoms. The number of hydrogen-bond acceptors (Lipinski definition) is 2. The van der Waals surface area contributed by atoms with Crippen LogP contribution in [0.3, 0.4) is 0 Å². The molecule has 3 N–H and O–H groups in total. The lowest BCUT2D eigenvalue weighted by Crippen LogP contribution is -2.17. The van der Waals surface area contributed by atoms with Crippen LogP contribution in [0.5, 0.6) is 0 Å². The van der Waals surface area contributed by atoms with E-state index >= 15 is 0 Å². The zero-order chi connectivity index (χ0) is 16.5. The third-order valence-electron chi connectivity index (χ3n) is 4.45. The first-order chi connectivity index (χ1) is 11.8. The summed E-state index contributed by atoms with van der Waals surface area (Å²) < 4.78 is 2.01. The van der Waals surface area contributed by atoms with Gasteiger partial charge in [-0.2, -0.15) is 5.10 Å². The maximum atomic E-state index is 6.19. The minimum absolute atomic E-state index is 0.0857. The Kier molecular flexibility index (Phi) is 3.67. The van der Waals surface area contributed by atoms with E-state index in [1.54, 1.807) is 0 Å². The molecule has 4 heteroatoms. The van der Waals surface area contributed by atoms with Crippen molar-refractivity contribution in [3.05, 3.63) is 83.8 Å². The van der Waals surface area contributed by atoms with Crippen molar-refractivity contribution in [1.29, 1.82) is 0 Å². The van der Waals surface area contributed by atoms with Crippen LogP contribution >= 0.6 is 0 Å². The highest BCUT2D eigenvalue weighted by Gasteiger charge is 2.21. The summed E-state index contributed by atoms with van der Waals surface area (Å²) in [5, 5.41) is 5.90. The molecular formula is C20H20N4. The molecule has 0 aliphatic rings. The zero-order valence-corrected chi connectivity index (χ0v) is 13.6. The molecule has 0 aliphatic heterocycles. The van der Waals surface area contributed by atoms with Crippen LogP contribution < -0.4 is 5.73 Å². The number of aromatic amines is 1. The van der Waals surface area contributed by atoms with Gasteiger partial charge in [-0.3, -0.25) is 0 Å².